The number of rotatable bonds is 5. The summed E-state index contributed by atoms with van der Waals surface area (Å²) >= 11 is 0. The van der Waals surface area contributed by atoms with Gasteiger partial charge in [-0.1, -0.05) is 18.2 Å². The maximum Gasteiger partial charge on any atom is 0.351 e. The number of halogens is 2. The lowest BCUT2D eigenvalue weighted by atomic mass is 9.97. The van der Waals surface area contributed by atoms with Crippen LogP contribution < -0.4 is 16.3 Å². The average molecular weight is 440 g/mol. The van der Waals surface area contributed by atoms with Crippen LogP contribution in [-0.4, -0.2) is 31.8 Å². The average Bonchev–Trinajstić information content (AvgIpc) is 3.12. The first-order chi connectivity index (χ1) is 15.3. The minimum absolute atomic E-state index is 0.0277. The molecule has 8 nitrogen and oxygen atoms in total. The quantitative estimate of drug-likeness (QED) is 0.658. The number of carbonyl (C=O) groups is 1. The number of fused-ring (bicyclic) bond motifs is 1. The van der Waals surface area contributed by atoms with Crippen LogP contribution in [0.1, 0.15) is 23.1 Å². The summed E-state index contributed by atoms with van der Waals surface area (Å²) in [5, 5.41) is 3.91. The van der Waals surface area contributed by atoms with Gasteiger partial charge in [0.2, 0.25) is 5.91 Å². The van der Waals surface area contributed by atoms with Gasteiger partial charge in [0.25, 0.3) is 6.08 Å². The minimum Gasteiger partial charge on any atom is -0.327 e. The summed E-state index contributed by atoms with van der Waals surface area (Å²) in [6.07, 6.45) is 1.91. The van der Waals surface area contributed by atoms with Crippen LogP contribution in [-0.2, 0) is 17.8 Å². The molecule has 4 rings (SSSR count). The largest absolute Gasteiger partial charge is 0.351 e. The van der Waals surface area contributed by atoms with Crippen LogP contribution in [0.5, 0.6) is 0 Å². The van der Waals surface area contributed by atoms with E-state index in [0.717, 1.165) is 21.5 Å². The molecule has 0 fully saturated rings. The lowest BCUT2D eigenvalue weighted by Gasteiger charge is -2.31. The van der Waals surface area contributed by atoms with Crippen LogP contribution in [0.4, 0.5) is 20.2 Å². The normalized spacial score (nSPS) is 13.3. The number of benzene rings is 1. The van der Waals surface area contributed by atoms with E-state index in [4.69, 9.17) is 5.73 Å². The number of anilines is 2. The van der Waals surface area contributed by atoms with Crippen molar-refractivity contribution in [2.75, 3.05) is 11.4 Å². The van der Waals surface area contributed by atoms with E-state index in [-0.39, 0.29) is 18.0 Å². The second-order valence-corrected chi connectivity index (χ2v) is 7.66. The zero-order valence-electron chi connectivity index (χ0n) is 17.7. The molecule has 0 spiro atoms. The van der Waals surface area contributed by atoms with Gasteiger partial charge in [0.15, 0.2) is 0 Å². The van der Waals surface area contributed by atoms with Gasteiger partial charge < -0.3 is 5.73 Å². The van der Waals surface area contributed by atoms with Crippen molar-refractivity contribution in [3.8, 4) is 5.82 Å². The third-order valence-electron chi connectivity index (χ3n) is 5.51. The highest BCUT2D eigenvalue weighted by atomic mass is 19.3. The Kier molecular flexibility index (Phi) is 5.70. The molecule has 0 atom stereocenters. The van der Waals surface area contributed by atoms with Crippen molar-refractivity contribution in [2.24, 2.45) is 5.73 Å². The third kappa shape index (κ3) is 3.73. The predicted molar refractivity (Wildman–Crippen MR) is 115 cm³/mol. The molecule has 32 heavy (non-hydrogen) atoms. The number of amides is 1. The summed E-state index contributed by atoms with van der Waals surface area (Å²) in [4.78, 5) is 31.5. The summed E-state index contributed by atoms with van der Waals surface area (Å²) in [5.74, 6) is 0.276. The SMILES string of the molecule is Cc1cc(N2C(=O)CCc3cccc(C)c32)cnc1-n1cnn(CC(CN)=C(F)F)c1=O. The summed E-state index contributed by atoms with van der Waals surface area (Å²) in [5.41, 5.74) is 8.50. The summed E-state index contributed by atoms with van der Waals surface area (Å²) in [6.45, 7) is 2.94. The van der Waals surface area contributed by atoms with Crippen molar-refractivity contribution in [1.82, 2.24) is 19.3 Å². The number of carbonyl (C=O) groups excluding carboxylic acids is 1. The molecule has 0 radical (unpaired) electrons. The van der Waals surface area contributed by atoms with E-state index in [1.165, 1.54) is 17.1 Å². The molecule has 1 aliphatic heterocycles. The lowest BCUT2D eigenvalue weighted by Crippen LogP contribution is -2.32. The van der Waals surface area contributed by atoms with Crippen LogP contribution in [0.2, 0.25) is 0 Å². The maximum absolute atomic E-state index is 12.9. The molecule has 0 bridgehead atoms. The molecule has 2 N–H and O–H groups in total. The molecule has 2 aromatic heterocycles. The highest BCUT2D eigenvalue weighted by Crippen LogP contribution is 2.37. The molecule has 0 unspecified atom stereocenters. The number of hydrogen-bond acceptors (Lipinski definition) is 5. The topological polar surface area (TPSA) is 99.0 Å². The fraction of sp³-hybridized carbons (Fsp3) is 0.273. The van der Waals surface area contributed by atoms with E-state index < -0.39 is 18.3 Å². The van der Waals surface area contributed by atoms with Gasteiger partial charge in [0.1, 0.15) is 12.1 Å². The van der Waals surface area contributed by atoms with E-state index in [2.05, 4.69) is 10.1 Å². The fourth-order valence-electron chi connectivity index (χ4n) is 3.89. The van der Waals surface area contributed by atoms with Gasteiger partial charge in [0, 0.05) is 18.5 Å². The fourth-order valence-corrected chi connectivity index (χ4v) is 3.89. The Hall–Kier alpha value is -3.66. The number of aromatic nitrogens is 4. The Morgan fingerprint density at radius 2 is 1.94 bits per heavy atom. The van der Waals surface area contributed by atoms with Crippen LogP contribution in [0.15, 0.2) is 53.2 Å². The summed E-state index contributed by atoms with van der Waals surface area (Å²) in [7, 11) is 0. The maximum atomic E-state index is 12.9. The van der Waals surface area contributed by atoms with E-state index in [1.807, 2.05) is 25.1 Å². The first kappa shape index (κ1) is 21.6. The van der Waals surface area contributed by atoms with E-state index in [0.29, 0.717) is 29.9 Å². The van der Waals surface area contributed by atoms with E-state index in [1.54, 1.807) is 17.9 Å². The number of para-hydroxylation sites is 1. The van der Waals surface area contributed by atoms with Gasteiger partial charge in [-0.25, -0.2) is 19.0 Å². The van der Waals surface area contributed by atoms with Crippen LogP contribution in [0.25, 0.3) is 5.82 Å². The molecule has 0 saturated carbocycles. The Balaban J connectivity index is 1.72. The van der Waals surface area contributed by atoms with Gasteiger partial charge in [-0.15, -0.1) is 0 Å². The first-order valence-corrected chi connectivity index (χ1v) is 10.1. The molecule has 1 aliphatic rings. The molecule has 3 heterocycles. The van der Waals surface area contributed by atoms with Gasteiger partial charge >= 0.3 is 5.69 Å². The zero-order valence-corrected chi connectivity index (χ0v) is 17.7. The van der Waals surface area contributed by atoms with Gasteiger partial charge in [-0.05, 0) is 43.0 Å². The van der Waals surface area contributed by atoms with E-state index in [9.17, 15) is 18.4 Å². The highest BCUT2D eigenvalue weighted by molar-refractivity contribution is 6.03. The van der Waals surface area contributed by atoms with Gasteiger partial charge in [-0.3, -0.25) is 9.69 Å². The third-order valence-corrected chi connectivity index (χ3v) is 5.51. The van der Waals surface area contributed by atoms with Crippen molar-refractivity contribution >= 4 is 17.3 Å². The molecule has 3 aromatic rings. The molecular formula is C22H22F2N6O2. The Morgan fingerprint density at radius 1 is 1.16 bits per heavy atom. The standard InChI is InChI=1S/C22H22F2N6O2/c1-13-4-3-5-15-6-7-18(31)30(19(13)15)17-8-14(2)21(26-10-17)28-12-27-29(22(28)32)11-16(9-25)20(23)24/h3-5,8,10,12H,6-7,9,11,25H2,1-2H3. The van der Waals surface area contributed by atoms with Crippen molar-refractivity contribution in [3.63, 3.8) is 0 Å². The molecule has 0 saturated heterocycles. The Morgan fingerprint density at radius 3 is 2.62 bits per heavy atom. The summed E-state index contributed by atoms with van der Waals surface area (Å²) < 4.78 is 27.9. The van der Waals surface area contributed by atoms with Crippen molar-refractivity contribution in [2.45, 2.75) is 33.2 Å². The number of aryl methyl sites for hydroxylation is 3. The van der Waals surface area contributed by atoms with E-state index >= 15 is 0 Å². The Bertz CT molecular complexity index is 1290. The monoisotopic (exact) mass is 440 g/mol. The first-order valence-electron chi connectivity index (χ1n) is 10.1. The molecule has 1 amide bonds. The number of nitrogens with two attached hydrogens (primary N) is 1. The van der Waals surface area contributed by atoms with Crippen LogP contribution >= 0.6 is 0 Å². The van der Waals surface area contributed by atoms with Crippen molar-refractivity contribution in [1.29, 1.82) is 0 Å². The second-order valence-electron chi connectivity index (χ2n) is 7.66. The highest BCUT2D eigenvalue weighted by Gasteiger charge is 2.27. The van der Waals surface area contributed by atoms with Crippen molar-refractivity contribution in [3.05, 3.63) is 75.6 Å². The molecule has 0 aliphatic carbocycles. The number of nitrogens with zero attached hydrogens (tertiary/aromatic N) is 5. The van der Waals surface area contributed by atoms with Crippen LogP contribution in [0, 0.1) is 13.8 Å². The predicted octanol–water partition coefficient (Wildman–Crippen LogP) is 2.77. The zero-order chi connectivity index (χ0) is 23.0. The van der Waals surface area contributed by atoms with Gasteiger partial charge in [0.05, 0.1) is 24.1 Å². The summed E-state index contributed by atoms with van der Waals surface area (Å²) in [6, 6.07) is 7.71. The second kappa shape index (κ2) is 8.46. The molecule has 166 valence electrons. The lowest BCUT2D eigenvalue weighted by molar-refractivity contribution is -0.118. The Labute approximate surface area is 182 Å². The van der Waals surface area contributed by atoms with Crippen molar-refractivity contribution < 1.29 is 13.6 Å². The molecule has 1 aromatic carbocycles. The van der Waals surface area contributed by atoms with Crippen LogP contribution in [0.3, 0.4) is 0 Å². The smallest absolute Gasteiger partial charge is 0.327 e. The number of hydrogen-bond donors (Lipinski definition) is 1. The minimum atomic E-state index is -1.92. The number of pyridine rings is 1. The van der Waals surface area contributed by atoms with Gasteiger partial charge in [-0.2, -0.15) is 13.9 Å². The molecular weight excluding hydrogens is 418 g/mol. The molecule has 10 heteroatoms.